The van der Waals surface area contributed by atoms with Crippen LogP contribution in [0.25, 0.3) is 0 Å². The summed E-state index contributed by atoms with van der Waals surface area (Å²) >= 11 is 0. The van der Waals surface area contributed by atoms with Crippen LogP contribution >= 0.6 is 0 Å². The van der Waals surface area contributed by atoms with Crippen LogP contribution in [0, 0.1) is 0 Å². The van der Waals surface area contributed by atoms with Crippen LogP contribution in [0.3, 0.4) is 0 Å². The van der Waals surface area contributed by atoms with E-state index >= 15 is 0 Å². The van der Waals surface area contributed by atoms with Crippen LogP contribution in [-0.4, -0.2) is 24.8 Å². The molecule has 98 valence electrons. The van der Waals surface area contributed by atoms with Crippen molar-refractivity contribution in [2.24, 2.45) is 11.7 Å². The van der Waals surface area contributed by atoms with Crippen LogP contribution in [0.2, 0.25) is 0 Å². The minimum absolute atomic E-state index is 0.256. The molecule has 0 aliphatic heterocycles. The van der Waals surface area contributed by atoms with E-state index in [0.29, 0.717) is 0 Å². The quantitative estimate of drug-likeness (QED) is 0.209. The Balaban J connectivity index is 3.48. The Morgan fingerprint density at radius 1 is 1.00 bits per heavy atom. The van der Waals surface area contributed by atoms with Gasteiger partial charge in [-0.3, -0.25) is 20.4 Å². The van der Waals surface area contributed by atoms with E-state index in [9.17, 15) is 22.6 Å². The molecule has 1 rings (SSSR count). The van der Waals surface area contributed by atoms with Gasteiger partial charge in [0.05, 0.1) is 4.90 Å². The predicted molar refractivity (Wildman–Crippen MR) is 57.7 cm³/mol. The highest BCUT2D eigenvalue weighted by molar-refractivity contribution is 7.85. The van der Waals surface area contributed by atoms with Crippen molar-refractivity contribution in [2.75, 3.05) is 0 Å². The van der Waals surface area contributed by atoms with Gasteiger partial charge >= 0.3 is 0 Å². The summed E-state index contributed by atoms with van der Waals surface area (Å²) in [6, 6.07) is 2.65. The van der Waals surface area contributed by atoms with Gasteiger partial charge in [-0.25, -0.2) is 20.1 Å². The number of nitrogen functional groups attached to an aromatic ring is 2. The van der Waals surface area contributed by atoms with Gasteiger partial charge in [-0.2, -0.15) is 0 Å². The fourth-order valence-electron chi connectivity index (χ4n) is 1.17. The lowest BCUT2D eigenvalue weighted by molar-refractivity contribution is 0.0953. The standard InChI is InChI=1S/C8H10N4O5S/c9-11-7(13)4-1-5(8(14)12-10)3-6(2-4)18(15,16)17/h1-3H,9-10H2,(H,11,13)(H,12,14)(H,15,16,17)/p-1. The molecule has 0 aliphatic carbocycles. The number of carbonyl (C=O) groups excluding carboxylic acids is 2. The third-order valence-corrected chi connectivity index (χ3v) is 2.79. The molecule has 0 saturated carbocycles. The summed E-state index contributed by atoms with van der Waals surface area (Å²) in [7, 11) is -4.82. The molecule has 0 heterocycles. The fraction of sp³-hybridized carbons (Fsp3) is 0. The Bertz CT molecular complexity index is 563. The molecule has 2 amide bonds. The maximum Gasteiger partial charge on any atom is 0.265 e. The summed E-state index contributed by atoms with van der Waals surface area (Å²) in [6.45, 7) is 0. The van der Waals surface area contributed by atoms with Crippen molar-refractivity contribution in [3.05, 3.63) is 29.3 Å². The van der Waals surface area contributed by atoms with E-state index in [2.05, 4.69) is 0 Å². The molecule has 0 bridgehead atoms. The molecule has 0 atom stereocenters. The summed E-state index contributed by atoms with van der Waals surface area (Å²) < 4.78 is 32.6. The Labute approximate surface area is 102 Å². The number of carbonyl (C=O) groups is 2. The van der Waals surface area contributed by atoms with Gasteiger partial charge in [0.2, 0.25) is 0 Å². The van der Waals surface area contributed by atoms with Crippen LogP contribution in [-0.2, 0) is 10.1 Å². The zero-order valence-corrected chi connectivity index (χ0v) is 9.65. The van der Waals surface area contributed by atoms with Gasteiger partial charge in [-0.15, -0.1) is 0 Å². The third kappa shape index (κ3) is 3.01. The normalized spacial score (nSPS) is 10.8. The largest absolute Gasteiger partial charge is 0.744 e. The number of amides is 2. The molecular weight excluding hydrogens is 264 g/mol. The van der Waals surface area contributed by atoms with Gasteiger partial charge in [0.1, 0.15) is 10.1 Å². The molecule has 0 unspecified atom stereocenters. The van der Waals surface area contributed by atoms with E-state index < -0.39 is 26.8 Å². The molecule has 10 heteroatoms. The molecule has 1 aromatic carbocycles. The highest BCUT2D eigenvalue weighted by Gasteiger charge is 2.14. The van der Waals surface area contributed by atoms with Crippen molar-refractivity contribution in [3.63, 3.8) is 0 Å². The van der Waals surface area contributed by atoms with Crippen molar-refractivity contribution >= 4 is 21.9 Å². The van der Waals surface area contributed by atoms with Gasteiger partial charge in [-0.1, -0.05) is 0 Å². The number of hydrazine groups is 2. The molecule has 0 fully saturated rings. The van der Waals surface area contributed by atoms with E-state index in [4.69, 9.17) is 11.7 Å². The van der Waals surface area contributed by atoms with Crippen molar-refractivity contribution in [3.8, 4) is 0 Å². The van der Waals surface area contributed by atoms with E-state index in [1.165, 1.54) is 0 Å². The second-order valence-corrected chi connectivity index (χ2v) is 4.53. The van der Waals surface area contributed by atoms with E-state index in [0.717, 1.165) is 18.2 Å². The van der Waals surface area contributed by atoms with Gasteiger partial charge in [-0.05, 0) is 18.2 Å². The molecule has 0 aromatic heterocycles. The van der Waals surface area contributed by atoms with Crippen LogP contribution in [0.5, 0.6) is 0 Å². The van der Waals surface area contributed by atoms with Crippen molar-refractivity contribution in [2.45, 2.75) is 4.90 Å². The van der Waals surface area contributed by atoms with Crippen LogP contribution in [0.15, 0.2) is 23.1 Å². The minimum Gasteiger partial charge on any atom is -0.744 e. The number of nitrogens with one attached hydrogen (secondary N) is 2. The Morgan fingerprint density at radius 2 is 1.39 bits per heavy atom. The lowest BCUT2D eigenvalue weighted by Crippen LogP contribution is -2.32. The number of nitrogens with two attached hydrogens (primary N) is 2. The van der Waals surface area contributed by atoms with Gasteiger partial charge in [0.25, 0.3) is 11.8 Å². The average Bonchev–Trinajstić information content (AvgIpc) is 2.35. The third-order valence-electron chi connectivity index (χ3n) is 1.98. The summed E-state index contributed by atoms with van der Waals surface area (Å²) in [6.07, 6.45) is 0. The number of hydrogen-bond acceptors (Lipinski definition) is 7. The zero-order valence-electron chi connectivity index (χ0n) is 8.84. The molecule has 0 aliphatic rings. The molecular formula is C8H9N4O5S-. The number of rotatable bonds is 3. The minimum atomic E-state index is -4.82. The highest BCUT2D eigenvalue weighted by Crippen LogP contribution is 2.15. The number of hydrogen-bond donors (Lipinski definition) is 4. The summed E-state index contributed by atoms with van der Waals surface area (Å²) in [5.74, 6) is 8.03. The fourth-order valence-corrected chi connectivity index (χ4v) is 1.71. The molecule has 0 radical (unpaired) electrons. The Kier molecular flexibility index (Phi) is 3.98. The first-order valence-corrected chi connectivity index (χ1v) is 5.83. The van der Waals surface area contributed by atoms with E-state index in [1.807, 2.05) is 0 Å². The molecule has 6 N–H and O–H groups in total. The van der Waals surface area contributed by atoms with Crippen LogP contribution in [0.4, 0.5) is 0 Å². The van der Waals surface area contributed by atoms with Crippen molar-refractivity contribution in [1.82, 2.24) is 10.9 Å². The number of benzene rings is 1. The summed E-state index contributed by atoms with van der Waals surface area (Å²) in [5, 5.41) is 0. The average molecular weight is 273 g/mol. The first-order chi connectivity index (χ1) is 8.29. The topological polar surface area (TPSA) is 167 Å². The molecule has 0 spiro atoms. The highest BCUT2D eigenvalue weighted by atomic mass is 32.2. The Morgan fingerprint density at radius 3 is 1.67 bits per heavy atom. The molecule has 18 heavy (non-hydrogen) atoms. The lowest BCUT2D eigenvalue weighted by Gasteiger charge is -2.11. The summed E-state index contributed by atoms with van der Waals surface area (Å²) in [5.41, 5.74) is 2.98. The maximum atomic E-state index is 11.3. The zero-order chi connectivity index (χ0) is 13.9. The van der Waals surface area contributed by atoms with Gasteiger partial charge < -0.3 is 4.55 Å². The second kappa shape index (κ2) is 5.10. The van der Waals surface area contributed by atoms with Crippen LogP contribution < -0.4 is 22.5 Å². The molecule has 0 saturated heterocycles. The summed E-state index contributed by atoms with van der Waals surface area (Å²) in [4.78, 5) is 21.8. The van der Waals surface area contributed by atoms with Crippen molar-refractivity contribution in [1.29, 1.82) is 0 Å². The van der Waals surface area contributed by atoms with Gasteiger partial charge in [0, 0.05) is 11.1 Å². The van der Waals surface area contributed by atoms with E-state index in [1.54, 1.807) is 10.9 Å². The van der Waals surface area contributed by atoms with E-state index in [-0.39, 0.29) is 11.1 Å². The van der Waals surface area contributed by atoms with Crippen molar-refractivity contribution < 1.29 is 22.6 Å². The maximum absolute atomic E-state index is 11.3. The monoisotopic (exact) mass is 273 g/mol. The molecule has 9 nitrogen and oxygen atoms in total. The Hall–Kier alpha value is -2.01. The van der Waals surface area contributed by atoms with Crippen LogP contribution in [0.1, 0.15) is 20.7 Å². The SMILES string of the molecule is NNC(=O)c1cc(C(=O)NN)cc(S(=O)(=O)[O-])c1. The smallest absolute Gasteiger partial charge is 0.265 e. The molecule has 1 aromatic rings. The first kappa shape index (κ1) is 14.1. The lowest BCUT2D eigenvalue weighted by atomic mass is 10.1. The predicted octanol–water partition coefficient (Wildman–Crippen LogP) is -2.20. The van der Waals surface area contributed by atoms with Gasteiger partial charge in [0.15, 0.2) is 0 Å². The first-order valence-electron chi connectivity index (χ1n) is 4.42. The second-order valence-electron chi connectivity index (χ2n) is 3.15.